The summed E-state index contributed by atoms with van der Waals surface area (Å²) in [6, 6.07) is 0.915. The van der Waals surface area contributed by atoms with Crippen LogP contribution in [0.25, 0.3) is 0 Å². The second kappa shape index (κ2) is 7.58. The fraction of sp³-hybridized carbons (Fsp3) is 1.00. The molecule has 1 saturated heterocycles. The van der Waals surface area contributed by atoms with Gasteiger partial charge in [-0.05, 0) is 45.2 Å². The van der Waals surface area contributed by atoms with Gasteiger partial charge in [0.2, 0.25) is 0 Å². The Morgan fingerprint density at radius 1 is 0.737 bits per heavy atom. The molecule has 3 fully saturated rings. The minimum atomic E-state index is -0.100. The quantitative estimate of drug-likeness (QED) is 0.668. The van der Waals surface area contributed by atoms with E-state index in [1.807, 2.05) is 21.6 Å². The Labute approximate surface area is 130 Å². The molecule has 1 heterocycles. The van der Waals surface area contributed by atoms with E-state index < -0.39 is 0 Å². The van der Waals surface area contributed by atoms with Gasteiger partial charge >= 0.3 is 0 Å². The summed E-state index contributed by atoms with van der Waals surface area (Å²) in [5.41, 5.74) is 0. The highest BCUT2D eigenvalue weighted by atomic mass is 33.1. The van der Waals surface area contributed by atoms with E-state index in [4.69, 9.17) is 4.11 Å². The molecule has 6 atom stereocenters. The third-order valence-corrected chi connectivity index (χ3v) is 7.87. The predicted molar refractivity (Wildman–Crippen MR) is 87.9 cm³/mol. The van der Waals surface area contributed by atoms with Crippen LogP contribution in [-0.4, -0.2) is 35.7 Å². The number of hydrogen-bond acceptors (Lipinski definition) is 4. The van der Waals surface area contributed by atoms with Crippen molar-refractivity contribution < 1.29 is 4.11 Å². The lowest BCUT2D eigenvalue weighted by atomic mass is 9.94. The molecule has 0 aromatic carbocycles. The van der Waals surface area contributed by atoms with Gasteiger partial charge in [-0.25, -0.2) is 0 Å². The summed E-state index contributed by atoms with van der Waals surface area (Å²) in [5, 5.41) is 8.16. The maximum atomic E-state index is 8.23. The highest BCUT2D eigenvalue weighted by molar-refractivity contribution is 8.77. The van der Waals surface area contributed by atoms with Crippen LogP contribution in [0.4, 0.5) is 0 Å². The summed E-state index contributed by atoms with van der Waals surface area (Å²) < 4.78 is 24.4. The lowest BCUT2D eigenvalue weighted by Crippen LogP contribution is -2.41. The Bertz CT molecular complexity index is 332. The molecule has 0 radical (unpaired) electrons. The molecule has 6 unspecified atom stereocenters. The van der Waals surface area contributed by atoms with Crippen molar-refractivity contribution in [2.45, 2.75) is 80.3 Å². The number of nitrogens with one attached hydrogen (secondary N) is 2. The predicted octanol–water partition coefficient (Wildman–Crippen LogP) is 3.57. The van der Waals surface area contributed by atoms with E-state index in [9.17, 15) is 0 Å². The van der Waals surface area contributed by atoms with Crippen LogP contribution in [0, 0.1) is 0 Å². The zero-order valence-corrected chi connectivity index (χ0v) is 13.1. The van der Waals surface area contributed by atoms with Gasteiger partial charge in [-0.1, -0.05) is 47.2 Å². The van der Waals surface area contributed by atoms with E-state index in [1.165, 1.54) is 0 Å². The topological polar surface area (TPSA) is 24.1 Å². The first-order chi connectivity index (χ1) is 10.6. The molecule has 2 nitrogen and oxygen atoms in total. The third-order valence-electron chi connectivity index (χ3n) is 4.41. The maximum Gasteiger partial charge on any atom is 0.0305 e. The van der Waals surface area contributed by atoms with Crippen LogP contribution in [0.2, 0.25) is 0 Å². The molecule has 0 aromatic rings. The monoisotopic (exact) mass is 306 g/mol. The first-order valence-electron chi connectivity index (χ1n) is 9.40. The van der Waals surface area contributed by atoms with Gasteiger partial charge in [0.05, 0.1) is 0 Å². The summed E-state index contributed by atoms with van der Waals surface area (Å²) in [7, 11) is 3.91. The van der Waals surface area contributed by atoms with Gasteiger partial charge in [-0.3, -0.25) is 0 Å². The van der Waals surface area contributed by atoms with Crippen LogP contribution in [0.15, 0.2) is 0 Å². The van der Waals surface area contributed by atoms with Gasteiger partial charge in [0, 0.05) is 26.7 Å². The highest BCUT2D eigenvalue weighted by Gasteiger charge is 2.30. The summed E-state index contributed by atoms with van der Waals surface area (Å²) in [5.74, 6) is 0. The van der Waals surface area contributed by atoms with Crippen LogP contribution < -0.4 is 10.6 Å². The fourth-order valence-corrected chi connectivity index (χ4v) is 6.80. The van der Waals surface area contributed by atoms with Gasteiger partial charge in [-0.2, -0.15) is 0 Å². The van der Waals surface area contributed by atoms with Crippen molar-refractivity contribution in [2.75, 3.05) is 13.1 Å². The second-order valence-corrected chi connectivity index (χ2v) is 8.54. The van der Waals surface area contributed by atoms with Crippen LogP contribution in [-0.2, 0) is 0 Å². The van der Waals surface area contributed by atoms with Gasteiger partial charge in [-0.15, -0.1) is 0 Å². The molecule has 0 bridgehead atoms. The Balaban J connectivity index is 1.68. The van der Waals surface area contributed by atoms with E-state index in [0.29, 0.717) is 22.6 Å². The molecule has 1 aliphatic heterocycles. The van der Waals surface area contributed by atoms with E-state index >= 15 is 0 Å². The Morgan fingerprint density at radius 2 is 1.26 bits per heavy atom. The summed E-state index contributed by atoms with van der Waals surface area (Å²) >= 11 is 0. The first kappa shape index (κ1) is 11.2. The largest absolute Gasteiger partial charge is 0.313 e. The van der Waals surface area contributed by atoms with Crippen molar-refractivity contribution in [2.24, 2.45) is 0 Å². The van der Waals surface area contributed by atoms with Crippen LogP contribution >= 0.6 is 21.6 Å². The molecular weight excluding hydrogens is 272 g/mol. The van der Waals surface area contributed by atoms with E-state index in [1.54, 1.807) is 0 Å². The zero-order valence-electron chi connectivity index (χ0n) is 14.5. The molecular formula is C15H28N2S2. The summed E-state index contributed by atoms with van der Waals surface area (Å²) in [4.78, 5) is 0. The molecule has 3 rings (SSSR count). The average Bonchev–Trinajstić information content (AvgIpc) is 2.52. The molecule has 2 aliphatic carbocycles. The molecule has 110 valence electrons. The number of hydrogen-bond donors (Lipinski definition) is 2. The molecule has 19 heavy (non-hydrogen) atoms. The van der Waals surface area contributed by atoms with Gasteiger partial charge in [0.25, 0.3) is 0 Å². The molecule has 0 aromatic heterocycles. The van der Waals surface area contributed by atoms with Gasteiger partial charge in [0.1, 0.15) is 0 Å². The van der Waals surface area contributed by atoms with E-state index in [0.717, 1.165) is 51.6 Å². The minimum absolute atomic E-state index is 0.0808. The number of rotatable bonds is 0. The Hall–Kier alpha value is 0.620. The summed E-state index contributed by atoms with van der Waals surface area (Å²) in [6.07, 6.45) is 6.11. The van der Waals surface area contributed by atoms with Crippen LogP contribution in [0.1, 0.15) is 61.8 Å². The molecule has 4 heteroatoms. The van der Waals surface area contributed by atoms with Crippen molar-refractivity contribution in [1.29, 1.82) is 0 Å². The standard InChI is InChI=1S/C15H28N2S2/c1-3-8-14-12(6-1)16-10-5-11-17-13-7-2-4-9-15(13)19-18-14/h12-17H,1-11H2/i3T,4T,5T. The third kappa shape index (κ3) is 4.05. The fourth-order valence-electron chi connectivity index (χ4n) is 3.22. The second-order valence-electron chi connectivity index (χ2n) is 5.79. The smallest absolute Gasteiger partial charge is 0.0305 e. The van der Waals surface area contributed by atoms with Crippen molar-refractivity contribution in [3.63, 3.8) is 0 Å². The van der Waals surface area contributed by atoms with Crippen LogP contribution in [0.3, 0.4) is 0 Å². The van der Waals surface area contributed by atoms with Crippen molar-refractivity contribution in [1.82, 2.24) is 10.6 Å². The minimum Gasteiger partial charge on any atom is -0.313 e. The molecule has 3 aliphatic rings. The average molecular weight is 307 g/mol. The lowest BCUT2D eigenvalue weighted by Gasteiger charge is -2.34. The normalized spacial score (nSPS) is 55.6. The summed E-state index contributed by atoms with van der Waals surface area (Å²) in [6.45, 7) is 1.50. The Morgan fingerprint density at radius 3 is 1.79 bits per heavy atom. The zero-order chi connectivity index (χ0) is 15.5. The Kier molecular flexibility index (Phi) is 4.48. The van der Waals surface area contributed by atoms with Gasteiger partial charge in [0.15, 0.2) is 0 Å². The molecule has 2 saturated carbocycles. The van der Waals surface area contributed by atoms with E-state index in [-0.39, 0.29) is 19.2 Å². The molecule has 0 amide bonds. The van der Waals surface area contributed by atoms with Crippen molar-refractivity contribution in [3.05, 3.63) is 0 Å². The van der Waals surface area contributed by atoms with Crippen molar-refractivity contribution >= 4 is 21.6 Å². The molecule has 0 spiro atoms. The number of fused-ring (bicyclic) bond motifs is 2. The SMILES string of the molecule is [3H]C1CNC2CCC([3H])CC2SSC2CC([3H])CCC2NC1. The van der Waals surface area contributed by atoms with Crippen LogP contribution in [0.5, 0.6) is 0 Å². The highest BCUT2D eigenvalue weighted by Crippen LogP contribution is 2.42. The maximum absolute atomic E-state index is 8.23. The van der Waals surface area contributed by atoms with Crippen molar-refractivity contribution in [3.8, 4) is 0 Å². The first-order valence-corrected chi connectivity index (χ1v) is 9.95. The van der Waals surface area contributed by atoms with Gasteiger partial charge < -0.3 is 10.6 Å². The lowest BCUT2D eigenvalue weighted by molar-refractivity contribution is 0.366. The molecule has 2 N–H and O–H groups in total. The van der Waals surface area contributed by atoms with E-state index in [2.05, 4.69) is 10.6 Å².